The van der Waals surface area contributed by atoms with Gasteiger partial charge in [0.2, 0.25) is 0 Å². The van der Waals surface area contributed by atoms with E-state index < -0.39 is 0 Å². The van der Waals surface area contributed by atoms with Gasteiger partial charge in [0.1, 0.15) is 0 Å². The van der Waals surface area contributed by atoms with Gasteiger partial charge in [-0.2, -0.15) is 0 Å². The van der Waals surface area contributed by atoms with Crippen molar-refractivity contribution in [2.24, 2.45) is 5.73 Å². The summed E-state index contributed by atoms with van der Waals surface area (Å²) in [6, 6.07) is 6.47. The number of likely N-dealkylation sites (N-methyl/N-ethyl adjacent to an activating group) is 1. The van der Waals surface area contributed by atoms with Gasteiger partial charge in [0.15, 0.2) is 0 Å². The fourth-order valence-electron chi connectivity index (χ4n) is 2.63. The van der Waals surface area contributed by atoms with Crippen molar-refractivity contribution < 1.29 is 4.74 Å². The highest BCUT2D eigenvalue weighted by molar-refractivity contribution is 6.33. The standard InChI is InChI=1S/C16H25ClN2O/c1-3-13(18)9-12-6-7-16(15(17)10-12)19(2)11-14-5-4-8-20-14/h6-7,10,13-14H,3-5,8-9,11,18H2,1-2H3. The minimum atomic E-state index is 0.210. The number of nitrogens with two attached hydrogens (primary N) is 1. The molecule has 0 aliphatic carbocycles. The Balaban J connectivity index is 2.00. The molecule has 2 unspecified atom stereocenters. The molecule has 0 bridgehead atoms. The van der Waals surface area contributed by atoms with E-state index in [9.17, 15) is 0 Å². The van der Waals surface area contributed by atoms with Crippen LogP contribution in [-0.2, 0) is 11.2 Å². The molecule has 2 atom stereocenters. The van der Waals surface area contributed by atoms with Gasteiger partial charge in [-0.3, -0.25) is 0 Å². The number of halogens is 1. The van der Waals surface area contributed by atoms with Crippen molar-refractivity contribution in [3.63, 3.8) is 0 Å². The molecule has 0 spiro atoms. The van der Waals surface area contributed by atoms with Gasteiger partial charge < -0.3 is 15.4 Å². The number of rotatable bonds is 6. The van der Waals surface area contributed by atoms with Crippen LogP contribution in [0.25, 0.3) is 0 Å². The van der Waals surface area contributed by atoms with Crippen LogP contribution in [0.15, 0.2) is 18.2 Å². The molecular weight excluding hydrogens is 272 g/mol. The van der Waals surface area contributed by atoms with Crippen LogP contribution in [0, 0.1) is 0 Å². The molecule has 0 radical (unpaired) electrons. The van der Waals surface area contributed by atoms with E-state index in [0.717, 1.165) is 43.1 Å². The lowest BCUT2D eigenvalue weighted by Gasteiger charge is -2.24. The molecule has 1 heterocycles. The van der Waals surface area contributed by atoms with Crippen LogP contribution in [0.2, 0.25) is 5.02 Å². The number of benzene rings is 1. The predicted octanol–water partition coefficient (Wildman–Crippen LogP) is 3.24. The lowest BCUT2D eigenvalue weighted by atomic mass is 10.0. The van der Waals surface area contributed by atoms with Gasteiger partial charge >= 0.3 is 0 Å². The molecule has 0 saturated carbocycles. The Kier molecular flexibility index (Phi) is 5.70. The van der Waals surface area contributed by atoms with Crippen LogP contribution in [0.5, 0.6) is 0 Å². The van der Waals surface area contributed by atoms with Crippen LogP contribution in [0.4, 0.5) is 5.69 Å². The van der Waals surface area contributed by atoms with E-state index in [2.05, 4.69) is 31.0 Å². The maximum atomic E-state index is 6.41. The average Bonchev–Trinajstić information content (AvgIpc) is 2.91. The second-order valence-electron chi connectivity index (χ2n) is 5.67. The third-order valence-electron chi connectivity index (χ3n) is 3.95. The molecule has 112 valence electrons. The molecule has 1 aliphatic heterocycles. The maximum Gasteiger partial charge on any atom is 0.0750 e. The number of hydrogen-bond donors (Lipinski definition) is 1. The van der Waals surface area contributed by atoms with Crippen LogP contribution in [-0.4, -0.2) is 32.3 Å². The van der Waals surface area contributed by atoms with E-state index in [1.165, 1.54) is 12.0 Å². The number of nitrogens with zero attached hydrogens (tertiary/aromatic N) is 1. The summed E-state index contributed by atoms with van der Waals surface area (Å²) in [5, 5.41) is 0.798. The summed E-state index contributed by atoms with van der Waals surface area (Å²) in [6.45, 7) is 3.89. The first kappa shape index (κ1) is 15.6. The fraction of sp³-hybridized carbons (Fsp3) is 0.625. The fourth-order valence-corrected chi connectivity index (χ4v) is 2.97. The summed E-state index contributed by atoms with van der Waals surface area (Å²) in [7, 11) is 2.07. The molecule has 1 saturated heterocycles. The van der Waals surface area contributed by atoms with Crippen molar-refractivity contribution in [1.29, 1.82) is 0 Å². The van der Waals surface area contributed by atoms with Crippen molar-refractivity contribution in [2.45, 2.75) is 44.8 Å². The zero-order valence-corrected chi connectivity index (χ0v) is 13.2. The highest BCUT2D eigenvalue weighted by Crippen LogP contribution is 2.27. The zero-order valence-electron chi connectivity index (χ0n) is 12.4. The van der Waals surface area contributed by atoms with Crippen molar-refractivity contribution in [2.75, 3.05) is 25.1 Å². The summed E-state index contributed by atoms with van der Waals surface area (Å²) in [5.41, 5.74) is 8.26. The quantitative estimate of drug-likeness (QED) is 0.876. The first-order valence-corrected chi connectivity index (χ1v) is 7.84. The molecule has 1 fully saturated rings. The third-order valence-corrected chi connectivity index (χ3v) is 4.25. The number of anilines is 1. The van der Waals surface area contributed by atoms with Crippen molar-refractivity contribution in [3.05, 3.63) is 28.8 Å². The highest BCUT2D eigenvalue weighted by Gasteiger charge is 2.18. The first-order chi connectivity index (χ1) is 9.60. The molecule has 0 amide bonds. The molecule has 1 aromatic rings. The zero-order chi connectivity index (χ0) is 14.5. The van der Waals surface area contributed by atoms with Gasteiger partial charge in [-0.05, 0) is 43.4 Å². The van der Waals surface area contributed by atoms with Crippen molar-refractivity contribution in [3.8, 4) is 0 Å². The smallest absolute Gasteiger partial charge is 0.0750 e. The third kappa shape index (κ3) is 4.11. The largest absolute Gasteiger partial charge is 0.376 e. The highest BCUT2D eigenvalue weighted by atomic mass is 35.5. The second kappa shape index (κ2) is 7.30. The Hall–Kier alpha value is -0.770. The molecule has 1 aromatic carbocycles. The van der Waals surface area contributed by atoms with Gasteiger partial charge in [-0.15, -0.1) is 0 Å². The van der Waals surface area contributed by atoms with Crippen LogP contribution in [0.1, 0.15) is 31.7 Å². The van der Waals surface area contributed by atoms with E-state index >= 15 is 0 Å². The predicted molar refractivity (Wildman–Crippen MR) is 85.7 cm³/mol. The summed E-state index contributed by atoms with van der Waals surface area (Å²) < 4.78 is 5.67. The molecule has 2 N–H and O–H groups in total. The van der Waals surface area contributed by atoms with E-state index in [-0.39, 0.29) is 6.04 Å². The Morgan fingerprint density at radius 2 is 2.30 bits per heavy atom. The number of hydrogen-bond acceptors (Lipinski definition) is 3. The van der Waals surface area contributed by atoms with Gasteiger partial charge in [-0.1, -0.05) is 24.6 Å². The molecule has 20 heavy (non-hydrogen) atoms. The Labute approximate surface area is 127 Å². The van der Waals surface area contributed by atoms with E-state index in [1.807, 2.05) is 6.07 Å². The lowest BCUT2D eigenvalue weighted by molar-refractivity contribution is 0.116. The Bertz CT molecular complexity index is 432. The average molecular weight is 297 g/mol. The van der Waals surface area contributed by atoms with Gasteiger partial charge in [0, 0.05) is 26.2 Å². The van der Waals surface area contributed by atoms with E-state index in [1.54, 1.807) is 0 Å². The molecule has 3 nitrogen and oxygen atoms in total. The SMILES string of the molecule is CCC(N)Cc1ccc(N(C)CC2CCCO2)c(Cl)c1. The summed E-state index contributed by atoms with van der Waals surface area (Å²) in [6.07, 6.45) is 4.51. The molecule has 0 aromatic heterocycles. The van der Waals surface area contributed by atoms with Crippen LogP contribution < -0.4 is 10.6 Å². The normalized spacial score (nSPS) is 20.1. The molecular formula is C16H25ClN2O. The Morgan fingerprint density at radius 3 is 2.90 bits per heavy atom. The summed E-state index contributed by atoms with van der Waals surface area (Å²) in [4.78, 5) is 2.18. The lowest BCUT2D eigenvalue weighted by Crippen LogP contribution is -2.28. The second-order valence-corrected chi connectivity index (χ2v) is 6.08. The van der Waals surface area contributed by atoms with Crippen molar-refractivity contribution >= 4 is 17.3 Å². The van der Waals surface area contributed by atoms with E-state index in [0.29, 0.717) is 6.10 Å². The first-order valence-electron chi connectivity index (χ1n) is 7.47. The maximum absolute atomic E-state index is 6.41. The summed E-state index contributed by atoms with van der Waals surface area (Å²) >= 11 is 6.41. The molecule has 4 heteroatoms. The van der Waals surface area contributed by atoms with Crippen LogP contribution in [0.3, 0.4) is 0 Å². The van der Waals surface area contributed by atoms with Crippen molar-refractivity contribution in [1.82, 2.24) is 0 Å². The molecule has 1 aliphatic rings. The molecule has 2 rings (SSSR count). The van der Waals surface area contributed by atoms with Gasteiger partial charge in [0.25, 0.3) is 0 Å². The monoisotopic (exact) mass is 296 g/mol. The van der Waals surface area contributed by atoms with Crippen LogP contribution >= 0.6 is 11.6 Å². The minimum absolute atomic E-state index is 0.210. The minimum Gasteiger partial charge on any atom is -0.376 e. The number of ether oxygens (including phenoxy) is 1. The Morgan fingerprint density at radius 1 is 1.50 bits per heavy atom. The summed E-state index contributed by atoms with van der Waals surface area (Å²) in [5.74, 6) is 0. The van der Waals surface area contributed by atoms with Gasteiger partial charge in [-0.25, -0.2) is 0 Å². The van der Waals surface area contributed by atoms with E-state index in [4.69, 9.17) is 22.1 Å². The van der Waals surface area contributed by atoms with Gasteiger partial charge in [0.05, 0.1) is 16.8 Å². The topological polar surface area (TPSA) is 38.5 Å².